The highest BCUT2D eigenvalue weighted by atomic mass is 35.5. The van der Waals surface area contributed by atoms with Crippen LogP contribution in [-0.2, 0) is 17.6 Å². The molecule has 4 aromatic rings. The summed E-state index contributed by atoms with van der Waals surface area (Å²) in [7, 11) is 0. The van der Waals surface area contributed by atoms with Crippen molar-refractivity contribution in [2.24, 2.45) is 0 Å². The van der Waals surface area contributed by atoms with Gasteiger partial charge in [-0.2, -0.15) is 0 Å². The highest BCUT2D eigenvalue weighted by molar-refractivity contribution is 6.31. The average molecular weight is 420 g/mol. The number of halogens is 1. The van der Waals surface area contributed by atoms with E-state index in [0.717, 1.165) is 43.9 Å². The van der Waals surface area contributed by atoms with Crippen LogP contribution in [0.1, 0.15) is 17.5 Å². The Balaban J connectivity index is 1.61. The van der Waals surface area contributed by atoms with Gasteiger partial charge in [-0.1, -0.05) is 41.9 Å². The minimum absolute atomic E-state index is 0.100. The van der Waals surface area contributed by atoms with Gasteiger partial charge in [0.25, 0.3) is 0 Å². The van der Waals surface area contributed by atoms with E-state index in [2.05, 4.69) is 17.1 Å². The number of hydrogen-bond donors (Lipinski definition) is 2. The molecule has 0 bridgehead atoms. The molecule has 0 aliphatic heterocycles. The van der Waals surface area contributed by atoms with Gasteiger partial charge in [-0.15, -0.1) is 0 Å². The normalized spacial score (nSPS) is 11.0. The third-order valence-corrected chi connectivity index (χ3v) is 5.49. The summed E-state index contributed by atoms with van der Waals surface area (Å²) in [5.74, 6) is -0.0265. The zero-order chi connectivity index (χ0) is 20.9. The second-order valence-corrected chi connectivity index (χ2v) is 7.60. The molecule has 30 heavy (non-hydrogen) atoms. The Hall–Kier alpha value is -3.24. The lowest BCUT2D eigenvalue weighted by Gasteiger charge is -2.14. The molecule has 0 saturated carbocycles. The van der Waals surface area contributed by atoms with Gasteiger partial charge in [-0.3, -0.25) is 4.79 Å². The largest absolute Gasteiger partial charge is 0.493 e. The Bertz CT molecular complexity index is 1180. The number of fused-ring (bicyclic) bond motifs is 1. The summed E-state index contributed by atoms with van der Waals surface area (Å²) < 4.78 is 6.14. The van der Waals surface area contributed by atoms with E-state index in [1.54, 1.807) is 0 Å². The smallest absolute Gasteiger partial charge is 0.303 e. The maximum absolute atomic E-state index is 11.0. The van der Waals surface area contributed by atoms with Gasteiger partial charge in [0.2, 0.25) is 0 Å². The van der Waals surface area contributed by atoms with E-state index in [1.165, 1.54) is 0 Å². The van der Waals surface area contributed by atoms with E-state index in [0.29, 0.717) is 19.4 Å². The standard InChI is InChI=1S/C25H22ClNO3/c26-22-4-2-1-3-18(22)12-14-30-24-9-5-17(6-10-25(28)29)15-21(24)19-7-8-23-20(16-19)11-13-27-23/h1-5,7-9,11,13,15-16,27H,6,10,12,14H2,(H,28,29). The third-order valence-electron chi connectivity index (χ3n) is 5.12. The average Bonchev–Trinajstić information content (AvgIpc) is 3.22. The number of hydrogen-bond acceptors (Lipinski definition) is 2. The van der Waals surface area contributed by atoms with E-state index in [9.17, 15) is 4.79 Å². The minimum atomic E-state index is -0.801. The summed E-state index contributed by atoms with van der Waals surface area (Å²) in [6, 6.07) is 21.9. The lowest BCUT2D eigenvalue weighted by molar-refractivity contribution is -0.136. The molecule has 0 saturated heterocycles. The zero-order valence-corrected chi connectivity index (χ0v) is 17.2. The topological polar surface area (TPSA) is 62.3 Å². The molecule has 0 amide bonds. The highest BCUT2D eigenvalue weighted by Crippen LogP contribution is 2.33. The number of carbonyl (C=O) groups is 1. The summed E-state index contributed by atoms with van der Waals surface area (Å²) in [6.07, 6.45) is 3.20. The molecule has 0 radical (unpaired) electrons. The molecular weight excluding hydrogens is 398 g/mol. The monoisotopic (exact) mass is 419 g/mol. The Morgan fingerprint density at radius 1 is 1.00 bits per heavy atom. The van der Waals surface area contributed by atoms with Gasteiger partial charge < -0.3 is 14.8 Å². The lowest BCUT2D eigenvalue weighted by Crippen LogP contribution is -2.04. The first kappa shape index (κ1) is 20.0. The van der Waals surface area contributed by atoms with Crippen LogP contribution < -0.4 is 4.74 Å². The first-order valence-corrected chi connectivity index (χ1v) is 10.3. The number of carboxylic acids is 1. The Labute approximate surface area is 180 Å². The molecule has 0 aliphatic carbocycles. The van der Waals surface area contributed by atoms with Crippen molar-refractivity contribution in [3.8, 4) is 16.9 Å². The number of aromatic nitrogens is 1. The molecular formula is C25H22ClNO3. The fraction of sp³-hybridized carbons (Fsp3) is 0.160. The van der Waals surface area contributed by atoms with Crippen LogP contribution in [0, 0.1) is 0 Å². The van der Waals surface area contributed by atoms with Gasteiger partial charge in [0.05, 0.1) is 6.61 Å². The number of H-pyrrole nitrogens is 1. The number of nitrogens with one attached hydrogen (secondary N) is 1. The number of rotatable bonds is 8. The SMILES string of the molecule is O=C(O)CCc1ccc(OCCc2ccccc2Cl)c(-c2ccc3[nH]ccc3c2)c1. The molecule has 2 N–H and O–H groups in total. The second-order valence-electron chi connectivity index (χ2n) is 7.19. The number of aryl methyl sites for hydroxylation is 1. The Morgan fingerprint density at radius 2 is 1.87 bits per heavy atom. The van der Waals surface area contributed by atoms with Crippen molar-refractivity contribution in [3.63, 3.8) is 0 Å². The van der Waals surface area contributed by atoms with Crippen LogP contribution in [0.3, 0.4) is 0 Å². The van der Waals surface area contributed by atoms with Crippen LogP contribution >= 0.6 is 11.6 Å². The number of aromatic amines is 1. The fourth-order valence-corrected chi connectivity index (χ4v) is 3.76. The van der Waals surface area contributed by atoms with Crippen molar-refractivity contribution in [3.05, 3.63) is 89.1 Å². The molecule has 0 unspecified atom stereocenters. The number of aliphatic carboxylic acids is 1. The first-order valence-electron chi connectivity index (χ1n) is 9.88. The van der Waals surface area contributed by atoms with Crippen molar-refractivity contribution in [1.82, 2.24) is 4.98 Å². The maximum atomic E-state index is 11.0. The second kappa shape index (κ2) is 9.06. The first-order chi connectivity index (χ1) is 14.6. The predicted octanol–water partition coefficient (Wildman–Crippen LogP) is 6.13. The van der Waals surface area contributed by atoms with E-state index >= 15 is 0 Å². The van der Waals surface area contributed by atoms with Gasteiger partial charge in [-0.05, 0) is 64.9 Å². The molecule has 1 aromatic heterocycles. The number of benzene rings is 3. The predicted molar refractivity (Wildman–Crippen MR) is 120 cm³/mol. The van der Waals surface area contributed by atoms with Gasteiger partial charge in [0, 0.05) is 35.1 Å². The summed E-state index contributed by atoms with van der Waals surface area (Å²) >= 11 is 6.25. The van der Waals surface area contributed by atoms with Crippen LogP contribution in [0.5, 0.6) is 5.75 Å². The molecule has 5 heteroatoms. The summed E-state index contributed by atoms with van der Waals surface area (Å²) in [4.78, 5) is 14.2. The van der Waals surface area contributed by atoms with E-state index in [4.69, 9.17) is 21.4 Å². The van der Waals surface area contributed by atoms with Crippen LogP contribution in [0.25, 0.3) is 22.0 Å². The fourth-order valence-electron chi connectivity index (χ4n) is 3.53. The molecule has 0 atom stereocenters. The van der Waals surface area contributed by atoms with Crippen LogP contribution in [0.2, 0.25) is 5.02 Å². The van der Waals surface area contributed by atoms with Crippen LogP contribution in [-0.4, -0.2) is 22.7 Å². The van der Waals surface area contributed by atoms with Crippen molar-refractivity contribution >= 4 is 28.5 Å². The summed E-state index contributed by atoms with van der Waals surface area (Å²) in [5.41, 5.74) is 5.08. The molecule has 4 rings (SSSR count). The van der Waals surface area contributed by atoms with Crippen molar-refractivity contribution in [1.29, 1.82) is 0 Å². The molecule has 4 nitrogen and oxygen atoms in total. The summed E-state index contributed by atoms with van der Waals surface area (Å²) in [6.45, 7) is 0.498. The van der Waals surface area contributed by atoms with Crippen molar-refractivity contribution in [2.75, 3.05) is 6.61 Å². The number of ether oxygens (including phenoxy) is 1. The lowest BCUT2D eigenvalue weighted by atomic mass is 9.99. The molecule has 1 heterocycles. The van der Waals surface area contributed by atoms with Crippen LogP contribution in [0.15, 0.2) is 72.9 Å². The third kappa shape index (κ3) is 4.66. The van der Waals surface area contributed by atoms with Crippen molar-refractivity contribution < 1.29 is 14.6 Å². The quantitative estimate of drug-likeness (QED) is 0.361. The highest BCUT2D eigenvalue weighted by Gasteiger charge is 2.11. The number of carboxylic acid groups (broad SMARTS) is 1. The van der Waals surface area contributed by atoms with E-state index in [1.807, 2.05) is 60.8 Å². The molecule has 3 aromatic carbocycles. The van der Waals surface area contributed by atoms with Gasteiger partial charge in [0.1, 0.15) is 5.75 Å². The molecule has 0 spiro atoms. The molecule has 0 fully saturated rings. The zero-order valence-electron chi connectivity index (χ0n) is 16.4. The maximum Gasteiger partial charge on any atom is 0.303 e. The molecule has 152 valence electrons. The van der Waals surface area contributed by atoms with E-state index < -0.39 is 5.97 Å². The van der Waals surface area contributed by atoms with Gasteiger partial charge in [0.15, 0.2) is 0 Å². The summed E-state index contributed by atoms with van der Waals surface area (Å²) in [5, 5.41) is 10.9. The van der Waals surface area contributed by atoms with Gasteiger partial charge >= 0.3 is 5.97 Å². The molecule has 0 aliphatic rings. The van der Waals surface area contributed by atoms with E-state index in [-0.39, 0.29) is 6.42 Å². The van der Waals surface area contributed by atoms with Crippen molar-refractivity contribution in [2.45, 2.75) is 19.3 Å². The minimum Gasteiger partial charge on any atom is -0.493 e. The Morgan fingerprint density at radius 3 is 2.70 bits per heavy atom. The van der Waals surface area contributed by atoms with Gasteiger partial charge in [-0.25, -0.2) is 0 Å². The van der Waals surface area contributed by atoms with Crippen LogP contribution in [0.4, 0.5) is 0 Å². The Kier molecular flexibility index (Phi) is 6.05.